The fourth-order valence-corrected chi connectivity index (χ4v) is 1.85. The van der Waals surface area contributed by atoms with Gasteiger partial charge in [0.15, 0.2) is 9.84 Å². The third kappa shape index (κ3) is 3.04. The maximum Gasteiger partial charge on any atom is 0.242 e. The maximum atomic E-state index is 11.0. The smallest absolute Gasteiger partial charge is 0.242 e. The van der Waals surface area contributed by atoms with Gasteiger partial charge >= 0.3 is 0 Å². The van der Waals surface area contributed by atoms with Gasteiger partial charge in [0.05, 0.1) is 0 Å². The third-order valence-electron chi connectivity index (χ3n) is 2.02. The molecular weight excluding hydrogens is 242 g/mol. The van der Waals surface area contributed by atoms with E-state index in [0.717, 1.165) is 11.8 Å². The molecule has 90 valence electrons. The number of benzene rings is 1. The molecule has 17 heavy (non-hydrogen) atoms. The van der Waals surface area contributed by atoms with Crippen LogP contribution in [0.5, 0.6) is 0 Å². The quantitative estimate of drug-likeness (QED) is 0.814. The molecule has 6 nitrogen and oxygen atoms in total. The van der Waals surface area contributed by atoms with Crippen LogP contribution in [0, 0.1) is 0 Å². The van der Waals surface area contributed by atoms with Gasteiger partial charge in [-0.15, -0.1) is 0 Å². The molecule has 7 heteroatoms. The Balaban J connectivity index is 2.27. The molecular formula is C10H11N3O3S. The molecule has 0 atom stereocenters. The van der Waals surface area contributed by atoms with E-state index in [-0.39, 0.29) is 11.6 Å². The second-order valence-corrected chi connectivity index (χ2v) is 5.84. The second kappa shape index (κ2) is 4.17. The van der Waals surface area contributed by atoms with Crippen molar-refractivity contribution in [2.45, 2.75) is 5.75 Å². The lowest BCUT2D eigenvalue weighted by atomic mass is 10.2. The third-order valence-corrected chi connectivity index (χ3v) is 2.79. The standard InChI is InChI=1S/C10H11N3O3S/c1-17(14,15)6-9-12-10(13-16-9)7-2-4-8(11)5-3-7/h2-5H,6,11H2,1H3. The van der Waals surface area contributed by atoms with Crippen molar-refractivity contribution in [1.82, 2.24) is 10.1 Å². The van der Waals surface area contributed by atoms with E-state index >= 15 is 0 Å². The summed E-state index contributed by atoms with van der Waals surface area (Å²) in [6, 6.07) is 6.90. The van der Waals surface area contributed by atoms with Crippen LogP contribution in [0.15, 0.2) is 28.8 Å². The molecule has 0 aliphatic carbocycles. The zero-order valence-corrected chi connectivity index (χ0v) is 9.94. The predicted molar refractivity (Wildman–Crippen MR) is 62.7 cm³/mol. The van der Waals surface area contributed by atoms with Crippen molar-refractivity contribution in [3.63, 3.8) is 0 Å². The Kier molecular flexibility index (Phi) is 2.84. The summed E-state index contributed by atoms with van der Waals surface area (Å²) >= 11 is 0. The number of anilines is 1. The normalized spacial score (nSPS) is 11.6. The molecule has 0 bridgehead atoms. The summed E-state index contributed by atoms with van der Waals surface area (Å²) in [5.74, 6) is 0.178. The van der Waals surface area contributed by atoms with Crippen LogP contribution >= 0.6 is 0 Å². The zero-order valence-electron chi connectivity index (χ0n) is 9.12. The largest absolute Gasteiger partial charge is 0.399 e. The van der Waals surface area contributed by atoms with Gasteiger partial charge in [-0.2, -0.15) is 4.98 Å². The molecule has 1 heterocycles. The molecule has 0 saturated heterocycles. The lowest BCUT2D eigenvalue weighted by molar-refractivity contribution is 0.389. The van der Waals surface area contributed by atoms with E-state index in [1.807, 2.05) is 0 Å². The van der Waals surface area contributed by atoms with E-state index in [1.54, 1.807) is 24.3 Å². The van der Waals surface area contributed by atoms with Crippen LogP contribution < -0.4 is 5.73 Å². The Morgan fingerprint density at radius 2 is 1.94 bits per heavy atom. The van der Waals surface area contributed by atoms with Gasteiger partial charge in [0.25, 0.3) is 0 Å². The van der Waals surface area contributed by atoms with Crippen molar-refractivity contribution in [3.8, 4) is 11.4 Å². The Morgan fingerprint density at radius 3 is 2.53 bits per heavy atom. The van der Waals surface area contributed by atoms with E-state index in [4.69, 9.17) is 10.3 Å². The number of nitrogens with two attached hydrogens (primary N) is 1. The summed E-state index contributed by atoms with van der Waals surface area (Å²) in [7, 11) is -3.17. The van der Waals surface area contributed by atoms with E-state index < -0.39 is 9.84 Å². The summed E-state index contributed by atoms with van der Waals surface area (Å²) in [4.78, 5) is 4.00. The molecule has 0 amide bonds. The van der Waals surface area contributed by atoms with Crippen molar-refractivity contribution in [1.29, 1.82) is 0 Å². The second-order valence-electron chi connectivity index (χ2n) is 3.70. The van der Waals surface area contributed by atoms with E-state index in [9.17, 15) is 8.42 Å². The van der Waals surface area contributed by atoms with Crippen LogP contribution in [0.4, 0.5) is 5.69 Å². The average molecular weight is 253 g/mol. The number of nitrogens with zero attached hydrogens (tertiary/aromatic N) is 2. The van der Waals surface area contributed by atoms with Crippen LogP contribution in [0.3, 0.4) is 0 Å². The molecule has 0 spiro atoms. The van der Waals surface area contributed by atoms with Gasteiger partial charge in [-0.1, -0.05) is 5.16 Å². The number of nitrogen functional groups attached to an aromatic ring is 1. The van der Waals surface area contributed by atoms with Gasteiger partial charge in [-0.25, -0.2) is 8.42 Å². The number of hydrogen-bond acceptors (Lipinski definition) is 6. The SMILES string of the molecule is CS(=O)(=O)Cc1nc(-c2ccc(N)cc2)no1. The highest BCUT2D eigenvalue weighted by molar-refractivity contribution is 7.89. The van der Waals surface area contributed by atoms with Gasteiger partial charge in [0.1, 0.15) is 5.75 Å². The van der Waals surface area contributed by atoms with Gasteiger partial charge < -0.3 is 10.3 Å². The zero-order chi connectivity index (χ0) is 12.5. The maximum absolute atomic E-state index is 11.0. The van der Waals surface area contributed by atoms with Crippen molar-refractivity contribution in [3.05, 3.63) is 30.2 Å². The fourth-order valence-electron chi connectivity index (χ4n) is 1.29. The molecule has 1 aromatic heterocycles. The molecule has 0 unspecified atom stereocenters. The summed E-state index contributed by atoms with van der Waals surface area (Å²) in [6.45, 7) is 0. The first-order chi connectivity index (χ1) is 7.94. The Bertz CT molecular complexity index is 617. The molecule has 2 N–H and O–H groups in total. The number of rotatable bonds is 3. The van der Waals surface area contributed by atoms with E-state index in [2.05, 4.69) is 10.1 Å². The highest BCUT2D eigenvalue weighted by atomic mass is 32.2. The van der Waals surface area contributed by atoms with Crippen molar-refractivity contribution >= 4 is 15.5 Å². The number of aromatic nitrogens is 2. The fraction of sp³-hybridized carbons (Fsp3) is 0.200. The Morgan fingerprint density at radius 1 is 1.29 bits per heavy atom. The molecule has 0 fully saturated rings. The van der Waals surface area contributed by atoms with Crippen molar-refractivity contribution < 1.29 is 12.9 Å². The molecule has 0 aliphatic rings. The van der Waals surface area contributed by atoms with Gasteiger partial charge in [0.2, 0.25) is 11.7 Å². The minimum atomic E-state index is -3.17. The lowest BCUT2D eigenvalue weighted by Gasteiger charge is -1.94. The number of sulfone groups is 1. The Labute approximate surface area is 98.4 Å². The molecule has 2 rings (SSSR count). The predicted octanol–water partition coefficient (Wildman–Crippen LogP) is 0.863. The van der Waals surface area contributed by atoms with Gasteiger partial charge in [-0.05, 0) is 24.3 Å². The minimum Gasteiger partial charge on any atom is -0.399 e. The topological polar surface area (TPSA) is 99.1 Å². The van der Waals surface area contributed by atoms with Crippen molar-refractivity contribution in [2.75, 3.05) is 12.0 Å². The first-order valence-electron chi connectivity index (χ1n) is 4.80. The van der Waals surface area contributed by atoms with Gasteiger partial charge in [-0.3, -0.25) is 0 Å². The molecule has 0 radical (unpaired) electrons. The molecule has 0 aliphatic heterocycles. The molecule has 0 saturated carbocycles. The highest BCUT2D eigenvalue weighted by Gasteiger charge is 2.13. The summed E-state index contributed by atoms with van der Waals surface area (Å²) in [5, 5.41) is 3.71. The van der Waals surface area contributed by atoms with Crippen LogP contribution in [0.25, 0.3) is 11.4 Å². The van der Waals surface area contributed by atoms with Crippen LogP contribution in [-0.2, 0) is 15.6 Å². The summed E-state index contributed by atoms with van der Waals surface area (Å²) in [5.41, 5.74) is 6.91. The van der Waals surface area contributed by atoms with Gasteiger partial charge in [0, 0.05) is 17.5 Å². The van der Waals surface area contributed by atoms with Crippen LogP contribution in [-0.4, -0.2) is 24.8 Å². The minimum absolute atomic E-state index is 0.0827. The van der Waals surface area contributed by atoms with Crippen LogP contribution in [0.1, 0.15) is 5.89 Å². The monoisotopic (exact) mass is 253 g/mol. The first kappa shape index (κ1) is 11.6. The van der Waals surface area contributed by atoms with E-state index in [0.29, 0.717) is 11.5 Å². The summed E-state index contributed by atoms with van der Waals surface area (Å²) < 4.78 is 26.9. The average Bonchev–Trinajstić information content (AvgIpc) is 2.64. The Hall–Kier alpha value is -1.89. The highest BCUT2D eigenvalue weighted by Crippen LogP contribution is 2.17. The molecule has 2 aromatic rings. The van der Waals surface area contributed by atoms with E-state index in [1.165, 1.54) is 0 Å². The first-order valence-corrected chi connectivity index (χ1v) is 6.86. The summed E-state index contributed by atoms with van der Waals surface area (Å²) in [6.07, 6.45) is 1.11. The molecule has 1 aromatic carbocycles. The van der Waals surface area contributed by atoms with Crippen molar-refractivity contribution in [2.24, 2.45) is 0 Å². The lowest BCUT2D eigenvalue weighted by Crippen LogP contribution is -2.00. The van der Waals surface area contributed by atoms with Crippen LogP contribution in [0.2, 0.25) is 0 Å². The number of hydrogen-bond donors (Lipinski definition) is 1.